The Hall–Kier alpha value is -2.14. The summed E-state index contributed by atoms with van der Waals surface area (Å²) >= 11 is 12.2. The van der Waals surface area contributed by atoms with Crippen molar-refractivity contribution in [2.75, 3.05) is 5.32 Å². The number of hydrogen-bond donors (Lipinski definition) is 5. The molecular weight excluding hydrogens is 529 g/mol. The summed E-state index contributed by atoms with van der Waals surface area (Å²) in [6.45, 7) is 4.00. The van der Waals surface area contributed by atoms with Gasteiger partial charge in [0, 0.05) is 10.7 Å². The monoisotopic (exact) mass is 547 g/mol. The van der Waals surface area contributed by atoms with Gasteiger partial charge in [0.1, 0.15) is 5.75 Å². The minimum absolute atomic E-state index is 0.0445. The number of carbonyl (C=O) groups excluding carboxylic acids is 2. The van der Waals surface area contributed by atoms with Crippen LogP contribution in [0.2, 0.25) is 5.02 Å². The van der Waals surface area contributed by atoms with E-state index in [-0.39, 0.29) is 5.75 Å². The predicted octanol–water partition coefficient (Wildman–Crippen LogP) is 3.52. The molecule has 0 aliphatic heterocycles. The average Bonchev–Trinajstić information content (AvgIpc) is 2.72. The zero-order valence-corrected chi connectivity index (χ0v) is 19.5. The molecule has 0 bridgehead atoms. The highest BCUT2D eigenvalue weighted by Crippen LogP contribution is 2.32. The summed E-state index contributed by atoms with van der Waals surface area (Å²) < 4.78 is 0.906. The SMILES string of the molecule is CC.NNC(=O)C(Nc1ccc(Cl)cc1)C(=O)N/N=C/c1cc(Br)c(O)c(Br)c1. The minimum Gasteiger partial charge on any atom is -0.506 e. The first-order valence-corrected chi connectivity index (χ1v) is 10.3. The van der Waals surface area contributed by atoms with Gasteiger partial charge in [-0.2, -0.15) is 5.10 Å². The molecule has 2 aromatic rings. The third-order valence-corrected chi connectivity index (χ3v) is 4.71. The summed E-state index contributed by atoms with van der Waals surface area (Å²) in [4.78, 5) is 24.2. The van der Waals surface area contributed by atoms with Gasteiger partial charge in [-0.15, -0.1) is 0 Å². The van der Waals surface area contributed by atoms with Crippen LogP contribution in [-0.4, -0.2) is 29.2 Å². The zero-order valence-electron chi connectivity index (χ0n) is 15.5. The Morgan fingerprint density at radius 2 is 1.69 bits per heavy atom. The van der Waals surface area contributed by atoms with Crippen LogP contribution in [0, 0.1) is 0 Å². The van der Waals surface area contributed by atoms with E-state index in [0.29, 0.717) is 25.2 Å². The second-order valence-corrected chi connectivity index (χ2v) is 7.31. The lowest BCUT2D eigenvalue weighted by molar-refractivity contribution is -0.130. The Morgan fingerprint density at radius 3 is 2.21 bits per heavy atom. The molecule has 1 atom stereocenters. The maximum Gasteiger partial charge on any atom is 0.272 e. The van der Waals surface area contributed by atoms with Gasteiger partial charge >= 0.3 is 0 Å². The quantitative estimate of drug-likeness (QED) is 0.124. The maximum atomic E-state index is 12.3. The van der Waals surface area contributed by atoms with E-state index in [0.717, 1.165) is 0 Å². The standard InChI is InChI=1S/C16H14Br2ClN5O3.C2H6/c17-11-5-8(6-12(18)14(11)25)7-21-24-16(27)13(15(26)23-20)22-10-3-1-9(19)2-4-10;1-2/h1-7,13,22,25H,20H2,(H,23,26)(H,24,27);1-2H3/b21-7+;. The maximum absolute atomic E-state index is 12.3. The molecule has 0 aromatic heterocycles. The molecule has 11 heteroatoms. The number of hydrogen-bond acceptors (Lipinski definition) is 6. The van der Waals surface area contributed by atoms with Gasteiger partial charge in [0.25, 0.3) is 11.8 Å². The van der Waals surface area contributed by atoms with Gasteiger partial charge in [0.15, 0.2) is 6.04 Å². The van der Waals surface area contributed by atoms with Gasteiger partial charge in [-0.1, -0.05) is 25.4 Å². The molecule has 1 unspecified atom stereocenters. The molecular formula is C18H20Br2ClN5O3. The zero-order chi connectivity index (χ0) is 22.0. The molecule has 0 spiro atoms. The van der Waals surface area contributed by atoms with E-state index < -0.39 is 17.9 Å². The number of rotatable bonds is 6. The number of benzene rings is 2. The number of amides is 2. The van der Waals surface area contributed by atoms with Crippen LogP contribution in [0.25, 0.3) is 0 Å². The number of phenols is 1. The third kappa shape index (κ3) is 7.65. The number of phenolic OH excluding ortho intramolecular Hbond substituents is 1. The molecule has 0 fully saturated rings. The summed E-state index contributed by atoms with van der Waals surface area (Å²) in [6, 6.07) is 8.34. The molecule has 29 heavy (non-hydrogen) atoms. The number of halogens is 3. The van der Waals surface area contributed by atoms with E-state index in [2.05, 4.69) is 47.7 Å². The Labute approximate surface area is 190 Å². The van der Waals surface area contributed by atoms with E-state index in [1.807, 2.05) is 19.3 Å². The molecule has 0 aliphatic rings. The molecule has 8 nitrogen and oxygen atoms in total. The number of hydrazine groups is 1. The fourth-order valence-electron chi connectivity index (χ4n) is 1.94. The fraction of sp³-hybridized carbons (Fsp3) is 0.167. The van der Waals surface area contributed by atoms with Crippen LogP contribution in [0.3, 0.4) is 0 Å². The van der Waals surface area contributed by atoms with Gasteiger partial charge in [0.05, 0.1) is 15.2 Å². The summed E-state index contributed by atoms with van der Waals surface area (Å²) in [6.07, 6.45) is 1.35. The van der Waals surface area contributed by atoms with Crippen molar-refractivity contribution < 1.29 is 14.7 Å². The number of hydrazone groups is 1. The number of aromatic hydroxyl groups is 1. The van der Waals surface area contributed by atoms with Gasteiger partial charge in [0.2, 0.25) is 0 Å². The van der Waals surface area contributed by atoms with E-state index in [1.165, 1.54) is 6.21 Å². The van der Waals surface area contributed by atoms with E-state index in [1.54, 1.807) is 36.4 Å². The van der Waals surface area contributed by atoms with Gasteiger partial charge in [-0.3, -0.25) is 15.0 Å². The number of nitrogens with one attached hydrogen (secondary N) is 3. The lowest BCUT2D eigenvalue weighted by atomic mass is 10.2. The van der Waals surface area contributed by atoms with Crippen molar-refractivity contribution in [3.63, 3.8) is 0 Å². The Balaban J connectivity index is 0.00000204. The predicted molar refractivity (Wildman–Crippen MR) is 122 cm³/mol. The summed E-state index contributed by atoms with van der Waals surface area (Å²) in [5, 5.41) is 16.8. The molecule has 6 N–H and O–H groups in total. The fourth-order valence-corrected chi connectivity index (χ4v) is 3.29. The van der Waals surface area contributed by atoms with Crippen LogP contribution < -0.4 is 22.0 Å². The van der Waals surface area contributed by atoms with Crippen LogP contribution in [-0.2, 0) is 9.59 Å². The van der Waals surface area contributed by atoms with Gasteiger partial charge in [-0.25, -0.2) is 11.3 Å². The first-order chi connectivity index (χ1) is 13.8. The lowest BCUT2D eigenvalue weighted by Gasteiger charge is -2.16. The Morgan fingerprint density at radius 1 is 1.14 bits per heavy atom. The highest BCUT2D eigenvalue weighted by Gasteiger charge is 2.25. The number of anilines is 1. The van der Waals surface area contributed by atoms with Crippen LogP contribution in [0.4, 0.5) is 5.69 Å². The smallest absolute Gasteiger partial charge is 0.272 e. The summed E-state index contributed by atoms with van der Waals surface area (Å²) in [7, 11) is 0. The second kappa shape index (κ2) is 12.4. The summed E-state index contributed by atoms with van der Waals surface area (Å²) in [5.41, 5.74) is 5.28. The first kappa shape index (κ1) is 24.9. The van der Waals surface area contributed by atoms with Crippen molar-refractivity contribution in [3.8, 4) is 5.75 Å². The Kier molecular flexibility index (Phi) is 10.7. The molecule has 0 saturated heterocycles. The van der Waals surface area contributed by atoms with E-state index in [4.69, 9.17) is 17.4 Å². The molecule has 2 rings (SSSR count). The minimum atomic E-state index is -1.31. The lowest BCUT2D eigenvalue weighted by Crippen LogP contribution is -2.50. The topological polar surface area (TPSA) is 129 Å². The second-order valence-electron chi connectivity index (χ2n) is 5.16. The average molecular weight is 550 g/mol. The molecule has 0 heterocycles. The molecule has 0 saturated carbocycles. The third-order valence-electron chi connectivity index (χ3n) is 3.25. The van der Waals surface area contributed by atoms with Crippen LogP contribution in [0.5, 0.6) is 5.75 Å². The number of nitrogens with two attached hydrogens (primary N) is 1. The normalized spacial score (nSPS) is 11.2. The number of carbonyl (C=O) groups is 2. The van der Waals surface area contributed by atoms with Crippen molar-refractivity contribution in [2.24, 2.45) is 10.9 Å². The molecule has 156 valence electrons. The number of nitrogens with zero attached hydrogens (tertiary/aromatic N) is 1. The molecule has 0 radical (unpaired) electrons. The van der Waals surface area contributed by atoms with Gasteiger partial charge in [-0.05, 0) is 73.8 Å². The van der Waals surface area contributed by atoms with Gasteiger partial charge < -0.3 is 10.4 Å². The largest absolute Gasteiger partial charge is 0.506 e. The van der Waals surface area contributed by atoms with E-state index in [9.17, 15) is 14.7 Å². The summed E-state index contributed by atoms with van der Waals surface area (Å²) in [5.74, 6) is 3.72. The van der Waals surface area contributed by atoms with Crippen molar-refractivity contribution in [1.29, 1.82) is 0 Å². The van der Waals surface area contributed by atoms with Crippen molar-refractivity contribution in [2.45, 2.75) is 19.9 Å². The Bertz CT molecular complexity index is 855. The highest BCUT2D eigenvalue weighted by atomic mass is 79.9. The van der Waals surface area contributed by atoms with Crippen LogP contribution in [0.1, 0.15) is 19.4 Å². The molecule has 2 aromatic carbocycles. The van der Waals surface area contributed by atoms with Crippen molar-refractivity contribution >= 4 is 67.2 Å². The first-order valence-electron chi connectivity index (χ1n) is 8.35. The molecule has 2 amide bonds. The van der Waals surface area contributed by atoms with E-state index >= 15 is 0 Å². The van der Waals surface area contributed by atoms with Crippen molar-refractivity contribution in [1.82, 2.24) is 10.9 Å². The highest BCUT2D eigenvalue weighted by molar-refractivity contribution is 9.11. The molecule has 0 aliphatic carbocycles. The van der Waals surface area contributed by atoms with Crippen LogP contribution >= 0.6 is 43.5 Å². The van der Waals surface area contributed by atoms with Crippen LogP contribution in [0.15, 0.2) is 50.4 Å². The van der Waals surface area contributed by atoms with Crippen molar-refractivity contribution in [3.05, 3.63) is 55.9 Å².